The predicted octanol–water partition coefficient (Wildman–Crippen LogP) is 1.96. The summed E-state index contributed by atoms with van der Waals surface area (Å²) in [4.78, 5) is 27.6. The number of fused-ring (bicyclic) bond motifs is 1. The molecule has 1 saturated heterocycles. The molecule has 1 aromatic heterocycles. The van der Waals surface area contributed by atoms with E-state index in [4.69, 9.17) is 9.47 Å². The smallest absolute Gasteiger partial charge is 0.278 e. The van der Waals surface area contributed by atoms with Crippen LogP contribution in [0.5, 0.6) is 5.75 Å². The second-order valence-corrected chi connectivity index (χ2v) is 7.63. The fourth-order valence-electron chi connectivity index (χ4n) is 3.67. The summed E-state index contributed by atoms with van der Waals surface area (Å²) in [5, 5.41) is 1.94. The van der Waals surface area contributed by atoms with Crippen LogP contribution < -0.4 is 15.2 Å². The highest BCUT2D eigenvalue weighted by molar-refractivity contribution is 9.10. The van der Waals surface area contributed by atoms with Gasteiger partial charge in [0.15, 0.2) is 17.1 Å². The van der Waals surface area contributed by atoms with Crippen LogP contribution in [-0.2, 0) is 11.3 Å². The van der Waals surface area contributed by atoms with E-state index in [0.29, 0.717) is 24.1 Å². The molecule has 0 N–H and O–H groups in total. The number of likely N-dealkylation sites (N-methyl/N-ethyl adjacent to an activating group) is 2. The minimum atomic E-state index is -0.574. The zero-order valence-corrected chi connectivity index (χ0v) is 16.7. The average molecular weight is 434 g/mol. The van der Waals surface area contributed by atoms with E-state index in [9.17, 15) is 9.59 Å². The summed E-state index contributed by atoms with van der Waals surface area (Å²) in [6.45, 7) is 1.19. The molecule has 1 amide bonds. The van der Waals surface area contributed by atoms with Crippen LogP contribution in [-0.4, -0.2) is 48.5 Å². The highest BCUT2D eigenvalue weighted by Gasteiger charge is 2.50. The van der Waals surface area contributed by atoms with Crippen molar-refractivity contribution in [3.8, 4) is 5.75 Å². The van der Waals surface area contributed by atoms with Crippen molar-refractivity contribution in [3.05, 3.63) is 62.5 Å². The summed E-state index contributed by atoms with van der Waals surface area (Å²) in [5.41, 5.74) is 0.226. The number of nitrogens with zero attached hydrogens (tertiary/aromatic N) is 3. The molecule has 0 radical (unpaired) electrons. The lowest BCUT2D eigenvalue weighted by molar-refractivity contribution is 0.0328. The van der Waals surface area contributed by atoms with Crippen LogP contribution in [0.2, 0.25) is 0 Å². The Kier molecular flexibility index (Phi) is 4.47. The van der Waals surface area contributed by atoms with E-state index in [-0.39, 0.29) is 29.4 Å². The Labute approximate surface area is 165 Å². The van der Waals surface area contributed by atoms with E-state index in [0.717, 1.165) is 5.56 Å². The van der Waals surface area contributed by atoms with Crippen LogP contribution in [0, 0.1) is 0 Å². The second kappa shape index (κ2) is 6.69. The van der Waals surface area contributed by atoms with Gasteiger partial charge in [-0.25, -0.2) is 0 Å². The maximum atomic E-state index is 13.2. The molecule has 27 heavy (non-hydrogen) atoms. The molecule has 142 valence electrons. The lowest BCUT2D eigenvalue weighted by atomic mass is 10.0. The Morgan fingerprint density at radius 3 is 2.63 bits per heavy atom. The second-order valence-electron chi connectivity index (χ2n) is 6.78. The molecule has 1 atom stereocenters. The van der Waals surface area contributed by atoms with Gasteiger partial charge in [-0.3, -0.25) is 19.3 Å². The quantitative estimate of drug-likeness (QED) is 0.739. The first kappa shape index (κ1) is 18.1. The third kappa shape index (κ3) is 2.74. The van der Waals surface area contributed by atoms with Crippen molar-refractivity contribution in [1.82, 2.24) is 9.58 Å². The molecule has 8 heteroatoms. The first-order valence-electron chi connectivity index (χ1n) is 8.67. The number of halogens is 1. The Balaban J connectivity index is 1.80. The molecule has 0 aliphatic carbocycles. The molecule has 2 aliphatic heterocycles. The van der Waals surface area contributed by atoms with Crippen LogP contribution in [0.3, 0.4) is 0 Å². The molecular formula is C19H20BrN3O4. The Bertz CT molecular complexity index is 938. The first-order valence-corrected chi connectivity index (χ1v) is 9.47. The number of rotatable bonds is 3. The third-order valence-electron chi connectivity index (χ3n) is 5.37. The molecule has 0 bridgehead atoms. The lowest BCUT2D eigenvalue weighted by Gasteiger charge is -2.50. The summed E-state index contributed by atoms with van der Waals surface area (Å²) in [5.74, 6) is -0.211. The van der Waals surface area contributed by atoms with Gasteiger partial charge in [-0.15, -0.1) is 0 Å². The van der Waals surface area contributed by atoms with E-state index in [2.05, 4.69) is 15.9 Å². The number of hydrogen-bond donors (Lipinski definition) is 0. The third-order valence-corrected chi connectivity index (χ3v) is 5.93. The van der Waals surface area contributed by atoms with E-state index < -0.39 is 5.66 Å². The number of hydrogen-bond acceptors (Lipinski definition) is 5. The van der Waals surface area contributed by atoms with Gasteiger partial charge in [0.1, 0.15) is 6.61 Å². The molecule has 1 aromatic carbocycles. The molecule has 1 unspecified atom stereocenters. The van der Waals surface area contributed by atoms with Gasteiger partial charge in [-0.1, -0.05) is 30.3 Å². The Morgan fingerprint density at radius 1 is 1.22 bits per heavy atom. The molecule has 7 nitrogen and oxygen atoms in total. The summed E-state index contributed by atoms with van der Waals surface area (Å²) in [6.07, 6.45) is 2.31. The molecule has 3 heterocycles. The van der Waals surface area contributed by atoms with E-state index in [1.54, 1.807) is 22.8 Å². The van der Waals surface area contributed by atoms with Gasteiger partial charge < -0.3 is 14.4 Å². The monoisotopic (exact) mass is 433 g/mol. The summed E-state index contributed by atoms with van der Waals surface area (Å²) in [7, 11) is 3.63. The number of carbonyl (C=O) groups is 1. The van der Waals surface area contributed by atoms with Gasteiger partial charge >= 0.3 is 0 Å². The Morgan fingerprint density at radius 2 is 1.96 bits per heavy atom. The number of amides is 1. The van der Waals surface area contributed by atoms with E-state index in [1.165, 1.54) is 0 Å². The minimum Gasteiger partial charge on any atom is -0.482 e. The van der Waals surface area contributed by atoms with Gasteiger partial charge in [0.25, 0.3) is 5.91 Å². The first-order chi connectivity index (χ1) is 13.0. The predicted molar refractivity (Wildman–Crippen MR) is 104 cm³/mol. The van der Waals surface area contributed by atoms with Crippen molar-refractivity contribution >= 4 is 21.8 Å². The van der Waals surface area contributed by atoms with Gasteiger partial charge in [-0.05, 0) is 21.5 Å². The van der Waals surface area contributed by atoms with Crippen LogP contribution in [0.25, 0.3) is 0 Å². The number of carbonyl (C=O) groups excluding carboxylic acids is 1. The zero-order valence-electron chi connectivity index (χ0n) is 15.1. The highest BCUT2D eigenvalue weighted by atomic mass is 79.9. The molecule has 1 spiro atoms. The van der Waals surface area contributed by atoms with Crippen LogP contribution in [0.4, 0.5) is 0 Å². The molecule has 4 rings (SSSR count). The van der Waals surface area contributed by atoms with Crippen molar-refractivity contribution in [3.63, 3.8) is 0 Å². The van der Waals surface area contributed by atoms with Crippen LogP contribution in [0.15, 0.2) is 45.8 Å². The van der Waals surface area contributed by atoms with Gasteiger partial charge in [0.05, 0.1) is 17.7 Å². The number of aromatic nitrogens is 1. The maximum absolute atomic E-state index is 13.2. The normalized spacial score (nSPS) is 21.7. The molecular weight excluding hydrogens is 414 g/mol. The molecule has 2 aromatic rings. The van der Waals surface area contributed by atoms with Crippen LogP contribution in [0.1, 0.15) is 22.5 Å². The fraction of sp³-hybridized carbons (Fsp3) is 0.368. The van der Waals surface area contributed by atoms with Crippen molar-refractivity contribution in [2.75, 3.05) is 32.3 Å². The molecule has 1 fully saturated rings. The van der Waals surface area contributed by atoms with Crippen LogP contribution >= 0.6 is 15.9 Å². The average Bonchev–Trinajstić information content (AvgIpc) is 3.17. The maximum Gasteiger partial charge on any atom is 0.278 e. The molecule has 2 aliphatic rings. The summed E-state index contributed by atoms with van der Waals surface area (Å²) >= 11 is 3.31. The zero-order chi connectivity index (χ0) is 19.2. The lowest BCUT2D eigenvalue weighted by Crippen LogP contribution is -2.68. The summed E-state index contributed by atoms with van der Waals surface area (Å²) < 4.78 is 13.5. The van der Waals surface area contributed by atoms with Crippen molar-refractivity contribution in [1.29, 1.82) is 0 Å². The molecule has 0 saturated carbocycles. The fourth-order valence-corrected chi connectivity index (χ4v) is 4.05. The standard InChI is InChI=1S/C19H20BrN3O4/c1-21-18(25)15-17(27-11-13-6-4-3-5-7-13)16(24)14(20)10-23(15)22(2)19(21)8-9-26-12-19/h3-7,10H,8-9,11-12H2,1-2H3. The SMILES string of the molecule is CN1C(=O)c2c(OCc3ccccc3)c(=O)c(Br)cn2N(C)C12CCOC2. The summed E-state index contributed by atoms with van der Waals surface area (Å²) in [6, 6.07) is 9.53. The number of ether oxygens (including phenoxy) is 2. The van der Waals surface area contributed by atoms with E-state index in [1.807, 2.05) is 42.4 Å². The number of pyridine rings is 1. The topological polar surface area (TPSA) is 64.0 Å². The highest BCUT2D eigenvalue weighted by Crippen LogP contribution is 2.35. The van der Waals surface area contributed by atoms with Gasteiger partial charge in [0.2, 0.25) is 5.43 Å². The van der Waals surface area contributed by atoms with Crippen molar-refractivity contribution in [2.24, 2.45) is 0 Å². The van der Waals surface area contributed by atoms with Crippen molar-refractivity contribution < 1.29 is 14.3 Å². The van der Waals surface area contributed by atoms with Gasteiger partial charge in [0, 0.05) is 26.7 Å². The largest absolute Gasteiger partial charge is 0.482 e. The Hall–Kier alpha value is -2.32. The number of benzene rings is 1. The van der Waals surface area contributed by atoms with E-state index >= 15 is 0 Å². The van der Waals surface area contributed by atoms with Crippen molar-refractivity contribution in [2.45, 2.75) is 18.7 Å². The van der Waals surface area contributed by atoms with Gasteiger partial charge in [-0.2, -0.15) is 0 Å². The minimum absolute atomic E-state index is 0.0469.